The number of nitrogens with two attached hydrogens (primary N) is 2. The van der Waals surface area contributed by atoms with E-state index in [1.54, 1.807) is 12.1 Å². The van der Waals surface area contributed by atoms with Crippen molar-refractivity contribution in [2.24, 2.45) is 16.5 Å². The molecule has 4 N–H and O–H groups in total. The van der Waals surface area contributed by atoms with Gasteiger partial charge in [0.2, 0.25) is 0 Å². The van der Waals surface area contributed by atoms with Gasteiger partial charge < -0.3 is 16.2 Å². The van der Waals surface area contributed by atoms with Crippen molar-refractivity contribution in [3.63, 3.8) is 0 Å². The number of benzene rings is 2. The normalized spacial score (nSPS) is 10.5. The number of carbonyl (C=O) groups excluding carboxylic acids is 1. The van der Waals surface area contributed by atoms with Crippen LogP contribution in [0.5, 0.6) is 5.75 Å². The number of fused-ring (bicyclic) bond motifs is 1. The molecular weight excluding hydrogens is 399 g/mol. The summed E-state index contributed by atoms with van der Waals surface area (Å²) in [5.74, 6) is 0.0805. The highest BCUT2D eigenvalue weighted by atomic mass is 35.5. The van der Waals surface area contributed by atoms with Crippen LogP contribution in [0.1, 0.15) is 38.1 Å². The van der Waals surface area contributed by atoms with Crippen molar-refractivity contribution < 1.29 is 9.53 Å². The zero-order chi connectivity index (χ0) is 19.3. The Morgan fingerprint density at radius 2 is 1.71 bits per heavy atom. The van der Waals surface area contributed by atoms with Gasteiger partial charge in [0, 0.05) is 24.2 Å². The van der Waals surface area contributed by atoms with Crippen LogP contribution in [0, 0.1) is 0 Å². The summed E-state index contributed by atoms with van der Waals surface area (Å²) in [5, 5.41) is 1.70. The molecule has 2 rings (SSSR count). The second-order valence-electron chi connectivity index (χ2n) is 6.80. The molecule has 2 aromatic carbocycles. The van der Waals surface area contributed by atoms with Crippen LogP contribution in [0.3, 0.4) is 0 Å². The summed E-state index contributed by atoms with van der Waals surface area (Å²) < 4.78 is 5.92. The van der Waals surface area contributed by atoms with Crippen molar-refractivity contribution in [2.75, 3.05) is 13.2 Å². The van der Waals surface area contributed by atoms with Gasteiger partial charge in [0.15, 0.2) is 5.96 Å². The van der Waals surface area contributed by atoms with Crippen LogP contribution in [0.15, 0.2) is 41.4 Å². The number of carbonyl (C=O) groups is 1. The molecule has 0 fully saturated rings. The van der Waals surface area contributed by atoms with Crippen LogP contribution in [-0.4, -0.2) is 42.0 Å². The second-order valence-corrected chi connectivity index (χ2v) is 6.80. The third-order valence-electron chi connectivity index (χ3n) is 4.26. The molecule has 0 heterocycles. The lowest BCUT2D eigenvalue weighted by Crippen LogP contribution is -2.39. The number of aliphatic imine (C=N–C) groups is 1. The lowest BCUT2D eigenvalue weighted by Gasteiger charge is -2.30. The zero-order valence-corrected chi connectivity index (χ0v) is 18.3. The molecule has 1 amide bonds. The number of hydrogen-bond donors (Lipinski definition) is 2. The van der Waals surface area contributed by atoms with Crippen molar-refractivity contribution >= 4 is 47.5 Å². The maximum absolute atomic E-state index is 12.1. The lowest BCUT2D eigenvalue weighted by atomic mass is 10.0. The molecule has 0 unspecified atom stereocenters. The second kappa shape index (κ2) is 11.7. The van der Waals surface area contributed by atoms with Gasteiger partial charge in [0.25, 0.3) is 5.91 Å². The summed E-state index contributed by atoms with van der Waals surface area (Å²) in [6.45, 7) is 10.2. The van der Waals surface area contributed by atoms with E-state index in [-0.39, 0.29) is 30.8 Å². The number of ether oxygens (including phenoxy) is 1. The van der Waals surface area contributed by atoms with Crippen molar-refractivity contribution in [2.45, 2.75) is 39.8 Å². The van der Waals surface area contributed by atoms with Crippen molar-refractivity contribution in [3.8, 4) is 5.75 Å². The third kappa shape index (κ3) is 6.86. The van der Waals surface area contributed by atoms with Crippen LogP contribution in [0.4, 0.5) is 0 Å². The van der Waals surface area contributed by atoms with Gasteiger partial charge in [-0.15, -0.1) is 24.8 Å². The molecule has 0 aliphatic carbocycles. The maximum Gasteiger partial charge on any atom is 0.280 e. The lowest BCUT2D eigenvalue weighted by molar-refractivity contribution is 0.100. The molecule has 0 saturated carbocycles. The van der Waals surface area contributed by atoms with Gasteiger partial charge in [0.1, 0.15) is 12.4 Å². The molecule has 6 nitrogen and oxygen atoms in total. The van der Waals surface area contributed by atoms with Gasteiger partial charge in [-0.25, -0.2) is 0 Å². The maximum atomic E-state index is 12.1. The first-order chi connectivity index (χ1) is 12.3. The van der Waals surface area contributed by atoms with Crippen molar-refractivity contribution in [1.29, 1.82) is 0 Å². The van der Waals surface area contributed by atoms with E-state index < -0.39 is 5.91 Å². The predicted octanol–water partition coefficient (Wildman–Crippen LogP) is 3.59. The van der Waals surface area contributed by atoms with E-state index in [0.29, 0.717) is 24.3 Å². The van der Waals surface area contributed by atoms with E-state index in [0.717, 1.165) is 23.1 Å². The summed E-state index contributed by atoms with van der Waals surface area (Å²) in [6, 6.07) is 12.0. The molecule has 8 heteroatoms. The average Bonchev–Trinajstić information content (AvgIpc) is 2.56. The number of nitrogens with zero attached hydrogens (tertiary/aromatic N) is 2. The van der Waals surface area contributed by atoms with Gasteiger partial charge in [-0.1, -0.05) is 12.1 Å². The van der Waals surface area contributed by atoms with E-state index in [4.69, 9.17) is 16.2 Å². The van der Waals surface area contributed by atoms with E-state index in [1.165, 1.54) is 0 Å². The highest BCUT2D eigenvalue weighted by Gasteiger charge is 2.13. The number of halogens is 2. The van der Waals surface area contributed by atoms with Gasteiger partial charge in [-0.2, -0.15) is 4.99 Å². The third-order valence-corrected chi connectivity index (χ3v) is 4.26. The van der Waals surface area contributed by atoms with Gasteiger partial charge in [0.05, 0.1) is 0 Å². The molecule has 0 aliphatic rings. The van der Waals surface area contributed by atoms with Crippen molar-refractivity contribution in [3.05, 3.63) is 42.0 Å². The standard InChI is InChI=1S/C20H28N4O2.2ClH/c1-13(2)24(14(3)4)10-11-26-16-8-9-17-15(12-16)6-5-7-18(17)19(25)23-20(21)22;;/h5-9,12-14H,10-11H2,1-4H3,(H4,21,22,23,25);2*1H. The molecule has 0 aromatic heterocycles. The topological polar surface area (TPSA) is 93.9 Å². The van der Waals surface area contributed by atoms with E-state index in [9.17, 15) is 4.79 Å². The Morgan fingerprint density at radius 3 is 2.29 bits per heavy atom. The van der Waals surface area contributed by atoms with Crippen LogP contribution < -0.4 is 16.2 Å². The van der Waals surface area contributed by atoms with Crippen LogP contribution in [-0.2, 0) is 0 Å². The minimum atomic E-state index is -0.450. The highest BCUT2D eigenvalue weighted by Crippen LogP contribution is 2.24. The number of rotatable bonds is 7. The molecule has 0 atom stereocenters. The molecule has 0 bridgehead atoms. The highest BCUT2D eigenvalue weighted by molar-refractivity contribution is 6.10. The Kier molecular flexibility index (Phi) is 10.9. The Balaban J connectivity index is 0.00000364. The first-order valence-electron chi connectivity index (χ1n) is 8.85. The Morgan fingerprint density at radius 1 is 1.07 bits per heavy atom. The average molecular weight is 429 g/mol. The smallest absolute Gasteiger partial charge is 0.280 e. The first kappa shape index (κ1) is 26.0. The Hall–Kier alpha value is -2.02. The largest absolute Gasteiger partial charge is 0.492 e. The fourth-order valence-corrected chi connectivity index (χ4v) is 3.10. The summed E-state index contributed by atoms with van der Waals surface area (Å²) >= 11 is 0. The molecular formula is C20H30Cl2N4O2. The fourth-order valence-electron chi connectivity index (χ4n) is 3.10. The number of amides is 1. The number of hydrogen-bond acceptors (Lipinski definition) is 3. The SMILES string of the molecule is CC(C)N(CCOc1ccc2c(C(=O)N=C(N)N)cccc2c1)C(C)C.Cl.Cl. The summed E-state index contributed by atoms with van der Waals surface area (Å²) in [6.07, 6.45) is 0. The van der Waals surface area contributed by atoms with Gasteiger partial charge in [-0.3, -0.25) is 9.69 Å². The first-order valence-corrected chi connectivity index (χ1v) is 8.85. The molecule has 28 heavy (non-hydrogen) atoms. The fraction of sp³-hybridized carbons (Fsp3) is 0.400. The Labute approximate surface area is 179 Å². The molecule has 0 aliphatic heterocycles. The van der Waals surface area contributed by atoms with Gasteiger partial charge >= 0.3 is 0 Å². The molecule has 0 spiro atoms. The van der Waals surface area contributed by atoms with E-state index in [2.05, 4.69) is 37.6 Å². The van der Waals surface area contributed by atoms with Crippen LogP contribution >= 0.6 is 24.8 Å². The number of guanidine groups is 1. The predicted molar refractivity (Wildman–Crippen MR) is 121 cm³/mol. The minimum absolute atomic E-state index is 0. The molecule has 0 saturated heterocycles. The summed E-state index contributed by atoms with van der Waals surface area (Å²) in [5.41, 5.74) is 11.1. The summed E-state index contributed by atoms with van der Waals surface area (Å²) in [7, 11) is 0. The zero-order valence-electron chi connectivity index (χ0n) is 16.7. The summed E-state index contributed by atoms with van der Waals surface area (Å²) in [4.78, 5) is 18.1. The van der Waals surface area contributed by atoms with Crippen LogP contribution in [0.2, 0.25) is 0 Å². The quantitative estimate of drug-likeness (QED) is 0.518. The van der Waals surface area contributed by atoms with E-state index >= 15 is 0 Å². The van der Waals surface area contributed by atoms with E-state index in [1.807, 2.05) is 24.3 Å². The van der Waals surface area contributed by atoms with Gasteiger partial charge in [-0.05, 0) is 62.7 Å². The Bertz CT molecular complexity index is 798. The molecule has 2 aromatic rings. The van der Waals surface area contributed by atoms with Crippen LogP contribution in [0.25, 0.3) is 10.8 Å². The monoisotopic (exact) mass is 428 g/mol. The minimum Gasteiger partial charge on any atom is -0.492 e. The molecule has 156 valence electrons. The molecule has 0 radical (unpaired) electrons. The van der Waals surface area contributed by atoms with Crippen molar-refractivity contribution in [1.82, 2.24) is 4.90 Å².